The SMILES string of the molecule is Cc1cc(NCC2CCCO2)nc(NCc2ccccc2Cl)n1. The Morgan fingerprint density at radius 3 is 2.91 bits per heavy atom. The van der Waals surface area contributed by atoms with E-state index in [2.05, 4.69) is 20.6 Å². The Balaban J connectivity index is 1.61. The van der Waals surface area contributed by atoms with Gasteiger partial charge in [0.15, 0.2) is 0 Å². The predicted molar refractivity (Wildman–Crippen MR) is 93.0 cm³/mol. The van der Waals surface area contributed by atoms with Crippen molar-refractivity contribution in [3.63, 3.8) is 0 Å². The largest absolute Gasteiger partial charge is 0.376 e. The van der Waals surface area contributed by atoms with Crippen LogP contribution in [0.3, 0.4) is 0 Å². The second kappa shape index (κ2) is 7.62. The summed E-state index contributed by atoms with van der Waals surface area (Å²) in [6.45, 7) is 4.19. The number of aryl methyl sites for hydroxylation is 1. The van der Waals surface area contributed by atoms with Crippen molar-refractivity contribution < 1.29 is 4.74 Å². The molecule has 5 nitrogen and oxygen atoms in total. The third-order valence-corrected chi connectivity index (χ3v) is 4.15. The Hall–Kier alpha value is -1.85. The summed E-state index contributed by atoms with van der Waals surface area (Å²) < 4.78 is 5.62. The normalized spacial score (nSPS) is 17.2. The van der Waals surface area contributed by atoms with Crippen LogP contribution >= 0.6 is 11.6 Å². The summed E-state index contributed by atoms with van der Waals surface area (Å²) in [5, 5.41) is 7.31. The zero-order valence-corrected chi connectivity index (χ0v) is 13.9. The Morgan fingerprint density at radius 2 is 2.13 bits per heavy atom. The van der Waals surface area contributed by atoms with Gasteiger partial charge in [-0.25, -0.2) is 4.98 Å². The summed E-state index contributed by atoms with van der Waals surface area (Å²) in [5.41, 5.74) is 1.93. The number of nitrogens with zero attached hydrogens (tertiary/aromatic N) is 2. The lowest BCUT2D eigenvalue weighted by atomic mass is 10.2. The molecule has 1 unspecified atom stereocenters. The summed E-state index contributed by atoms with van der Waals surface area (Å²) >= 11 is 6.17. The van der Waals surface area contributed by atoms with E-state index in [1.165, 1.54) is 0 Å². The van der Waals surface area contributed by atoms with Gasteiger partial charge in [-0.05, 0) is 31.4 Å². The highest BCUT2D eigenvalue weighted by Gasteiger charge is 2.15. The van der Waals surface area contributed by atoms with Crippen LogP contribution in [0.5, 0.6) is 0 Å². The minimum absolute atomic E-state index is 0.282. The van der Waals surface area contributed by atoms with E-state index in [1.807, 2.05) is 37.3 Å². The van der Waals surface area contributed by atoms with Gasteiger partial charge in [0, 0.05) is 36.5 Å². The monoisotopic (exact) mass is 332 g/mol. The number of ether oxygens (including phenoxy) is 1. The number of benzene rings is 1. The lowest BCUT2D eigenvalue weighted by molar-refractivity contribution is 0.120. The highest BCUT2D eigenvalue weighted by Crippen LogP contribution is 2.17. The van der Waals surface area contributed by atoms with Crippen LogP contribution < -0.4 is 10.6 Å². The molecule has 1 aromatic carbocycles. The molecule has 2 aromatic rings. The average molecular weight is 333 g/mol. The summed E-state index contributed by atoms with van der Waals surface area (Å²) in [4.78, 5) is 8.93. The van der Waals surface area contributed by atoms with Crippen LogP contribution in [-0.4, -0.2) is 29.2 Å². The first-order chi connectivity index (χ1) is 11.2. The lowest BCUT2D eigenvalue weighted by Gasteiger charge is -2.13. The van der Waals surface area contributed by atoms with E-state index in [9.17, 15) is 0 Å². The minimum Gasteiger partial charge on any atom is -0.376 e. The molecule has 23 heavy (non-hydrogen) atoms. The molecule has 2 N–H and O–H groups in total. The van der Waals surface area contributed by atoms with Gasteiger partial charge in [-0.1, -0.05) is 29.8 Å². The highest BCUT2D eigenvalue weighted by molar-refractivity contribution is 6.31. The molecule has 0 radical (unpaired) electrons. The molecule has 0 spiro atoms. The fraction of sp³-hybridized carbons (Fsp3) is 0.412. The maximum atomic E-state index is 6.17. The van der Waals surface area contributed by atoms with Crippen LogP contribution in [0.1, 0.15) is 24.1 Å². The van der Waals surface area contributed by atoms with Gasteiger partial charge >= 0.3 is 0 Å². The molecule has 0 aliphatic carbocycles. The topological polar surface area (TPSA) is 59.1 Å². The smallest absolute Gasteiger partial charge is 0.225 e. The molecule has 1 aromatic heterocycles. The molecule has 1 aliphatic heterocycles. The molecule has 3 rings (SSSR count). The van der Waals surface area contributed by atoms with Crippen LogP contribution in [-0.2, 0) is 11.3 Å². The van der Waals surface area contributed by atoms with E-state index < -0.39 is 0 Å². The number of nitrogens with one attached hydrogen (secondary N) is 2. The molecular formula is C17H21ClN4O. The van der Waals surface area contributed by atoms with Gasteiger partial charge in [-0.2, -0.15) is 4.98 Å². The fourth-order valence-electron chi connectivity index (χ4n) is 2.58. The molecule has 1 saturated heterocycles. The van der Waals surface area contributed by atoms with Crippen LogP contribution in [0.15, 0.2) is 30.3 Å². The third-order valence-electron chi connectivity index (χ3n) is 3.78. The van der Waals surface area contributed by atoms with Gasteiger partial charge in [-0.3, -0.25) is 0 Å². The van der Waals surface area contributed by atoms with E-state index in [4.69, 9.17) is 16.3 Å². The molecule has 122 valence electrons. The maximum absolute atomic E-state index is 6.17. The molecule has 0 saturated carbocycles. The number of rotatable bonds is 6. The number of aromatic nitrogens is 2. The molecule has 1 aliphatic rings. The van der Waals surface area contributed by atoms with E-state index in [0.29, 0.717) is 12.5 Å². The summed E-state index contributed by atoms with van der Waals surface area (Å²) in [6.07, 6.45) is 2.53. The molecule has 6 heteroatoms. The van der Waals surface area contributed by atoms with Crippen molar-refractivity contribution in [3.8, 4) is 0 Å². The van der Waals surface area contributed by atoms with Crippen molar-refractivity contribution in [2.45, 2.75) is 32.4 Å². The fourth-order valence-corrected chi connectivity index (χ4v) is 2.78. The zero-order chi connectivity index (χ0) is 16.1. The van der Waals surface area contributed by atoms with Gasteiger partial charge < -0.3 is 15.4 Å². The van der Waals surface area contributed by atoms with Crippen LogP contribution in [0.25, 0.3) is 0 Å². The van der Waals surface area contributed by atoms with E-state index in [-0.39, 0.29) is 6.10 Å². The third kappa shape index (κ3) is 4.56. The van der Waals surface area contributed by atoms with Crippen LogP contribution in [0, 0.1) is 6.92 Å². The molecular weight excluding hydrogens is 312 g/mol. The van der Waals surface area contributed by atoms with E-state index >= 15 is 0 Å². The van der Waals surface area contributed by atoms with Crippen molar-refractivity contribution in [1.82, 2.24) is 9.97 Å². The molecule has 2 heterocycles. The second-order valence-corrected chi connectivity index (χ2v) is 6.09. The van der Waals surface area contributed by atoms with E-state index in [0.717, 1.165) is 48.1 Å². The van der Waals surface area contributed by atoms with Crippen LogP contribution in [0.4, 0.5) is 11.8 Å². The predicted octanol–water partition coefficient (Wildman–Crippen LogP) is 3.64. The molecule has 0 amide bonds. The average Bonchev–Trinajstić information content (AvgIpc) is 3.05. The van der Waals surface area contributed by atoms with Crippen molar-refractivity contribution in [2.75, 3.05) is 23.8 Å². The first-order valence-electron chi connectivity index (χ1n) is 7.89. The van der Waals surface area contributed by atoms with Gasteiger partial charge in [0.05, 0.1) is 6.10 Å². The zero-order valence-electron chi connectivity index (χ0n) is 13.2. The van der Waals surface area contributed by atoms with Crippen molar-refractivity contribution in [1.29, 1.82) is 0 Å². The van der Waals surface area contributed by atoms with Gasteiger partial charge in [0.1, 0.15) is 5.82 Å². The summed E-state index contributed by atoms with van der Waals surface area (Å²) in [6, 6.07) is 9.69. The minimum atomic E-state index is 0.282. The first-order valence-corrected chi connectivity index (χ1v) is 8.27. The second-order valence-electron chi connectivity index (χ2n) is 5.68. The maximum Gasteiger partial charge on any atom is 0.225 e. The van der Waals surface area contributed by atoms with Gasteiger partial charge in [0.2, 0.25) is 5.95 Å². The number of anilines is 2. The Bertz CT molecular complexity index is 659. The Morgan fingerprint density at radius 1 is 1.26 bits per heavy atom. The van der Waals surface area contributed by atoms with Gasteiger partial charge in [-0.15, -0.1) is 0 Å². The first kappa shape index (κ1) is 16.0. The van der Waals surface area contributed by atoms with Crippen molar-refractivity contribution in [2.24, 2.45) is 0 Å². The summed E-state index contributed by atoms with van der Waals surface area (Å²) in [7, 11) is 0. The van der Waals surface area contributed by atoms with Crippen LogP contribution in [0.2, 0.25) is 5.02 Å². The number of halogens is 1. The van der Waals surface area contributed by atoms with E-state index in [1.54, 1.807) is 0 Å². The lowest BCUT2D eigenvalue weighted by Crippen LogP contribution is -2.19. The van der Waals surface area contributed by atoms with Crippen molar-refractivity contribution >= 4 is 23.4 Å². The molecule has 1 fully saturated rings. The Kier molecular flexibility index (Phi) is 5.31. The van der Waals surface area contributed by atoms with Gasteiger partial charge in [0.25, 0.3) is 0 Å². The standard InChI is InChI=1S/C17H21ClN4O/c1-12-9-16(19-11-14-6-4-8-23-14)22-17(21-12)20-10-13-5-2-3-7-15(13)18/h2-3,5,7,9,14H,4,6,8,10-11H2,1H3,(H2,19,20,21,22). The Labute approximate surface area is 141 Å². The van der Waals surface area contributed by atoms with Crippen molar-refractivity contribution in [3.05, 3.63) is 46.6 Å². The number of hydrogen-bond acceptors (Lipinski definition) is 5. The molecule has 0 bridgehead atoms. The quantitative estimate of drug-likeness (QED) is 0.845. The number of hydrogen-bond donors (Lipinski definition) is 2. The molecule has 1 atom stereocenters. The highest BCUT2D eigenvalue weighted by atomic mass is 35.5. The summed E-state index contributed by atoms with van der Waals surface area (Å²) in [5.74, 6) is 1.41.